The van der Waals surface area contributed by atoms with Gasteiger partial charge in [-0.05, 0) is 24.4 Å². The van der Waals surface area contributed by atoms with E-state index in [1.807, 2.05) is 0 Å². The van der Waals surface area contributed by atoms with Crippen LogP contribution in [-0.4, -0.2) is 65.1 Å². The van der Waals surface area contributed by atoms with Crippen LogP contribution in [0, 0.1) is 0 Å². The highest BCUT2D eigenvalue weighted by Crippen LogP contribution is 2.44. The molecule has 2 aliphatic rings. The molecule has 5 N–H and O–H groups in total. The van der Waals surface area contributed by atoms with Crippen LogP contribution in [0.15, 0.2) is 20.1 Å². The van der Waals surface area contributed by atoms with Gasteiger partial charge in [0, 0.05) is 4.91 Å². The first kappa shape index (κ1) is 25.1. The number of alkyl halides is 3. The molecule has 0 aromatic carbocycles. The van der Waals surface area contributed by atoms with Crippen molar-refractivity contribution >= 4 is 74.9 Å². The number of nitrogens with zero attached hydrogens (tertiary/aromatic N) is 5. The van der Waals surface area contributed by atoms with Crippen molar-refractivity contribution in [2.24, 2.45) is 5.16 Å². The zero-order valence-corrected chi connectivity index (χ0v) is 19.9. The molecule has 0 unspecified atom stereocenters. The molecule has 2 aromatic rings. The van der Waals surface area contributed by atoms with Crippen molar-refractivity contribution < 1.29 is 37.9 Å². The lowest BCUT2D eigenvalue weighted by molar-refractivity contribution is -0.155. The third-order valence-corrected chi connectivity index (χ3v) is 7.87. The third kappa shape index (κ3) is 4.65. The first-order valence-corrected chi connectivity index (χ1v) is 12.0. The summed E-state index contributed by atoms with van der Waals surface area (Å²) in [5.41, 5.74) is 4.32. The number of allylic oxidation sites excluding steroid dienone is 1. The number of carboxylic acids is 1. The zero-order chi connectivity index (χ0) is 25.7. The minimum atomic E-state index is -4.75. The van der Waals surface area contributed by atoms with Gasteiger partial charge >= 0.3 is 12.1 Å². The summed E-state index contributed by atoms with van der Waals surface area (Å²) in [7, 11) is 0. The van der Waals surface area contributed by atoms with Gasteiger partial charge in [0.15, 0.2) is 15.2 Å². The summed E-state index contributed by atoms with van der Waals surface area (Å²) in [5.74, 6) is -4.58. The Labute approximate surface area is 209 Å². The summed E-state index contributed by atoms with van der Waals surface area (Å²) in [6.07, 6.45) is -4.47. The smallest absolute Gasteiger partial charge is 0.452 e. The van der Waals surface area contributed by atoms with Crippen molar-refractivity contribution in [2.75, 3.05) is 5.73 Å². The molecule has 0 spiro atoms. The molecule has 0 radical (unpaired) electrons. The third-order valence-electron chi connectivity index (χ3n) is 4.89. The molecule has 2 atom stereocenters. The van der Waals surface area contributed by atoms with Crippen molar-refractivity contribution in [3.8, 4) is 0 Å². The Morgan fingerprint density at radius 2 is 2.06 bits per heavy atom. The van der Waals surface area contributed by atoms with Gasteiger partial charge in [-0.15, -0.1) is 0 Å². The Morgan fingerprint density at radius 3 is 2.60 bits per heavy atom. The Balaban J connectivity index is 1.52. The van der Waals surface area contributed by atoms with Crippen LogP contribution >= 0.6 is 46.2 Å². The Bertz CT molecular complexity index is 1290. The van der Waals surface area contributed by atoms with Gasteiger partial charge in [-0.1, -0.05) is 39.9 Å². The maximum Gasteiger partial charge on any atom is 0.452 e. The molecule has 1 saturated heterocycles. The van der Waals surface area contributed by atoms with Gasteiger partial charge in [0.05, 0.1) is 6.04 Å². The maximum absolute atomic E-state index is 12.8. The summed E-state index contributed by atoms with van der Waals surface area (Å²) in [4.78, 5) is 45.5. The number of aromatic nitrogens is 3. The molecule has 2 amide bonds. The number of thioether (sulfide) groups is 1. The molecule has 1 fully saturated rings. The van der Waals surface area contributed by atoms with E-state index in [-0.39, 0.29) is 37.2 Å². The molecule has 4 rings (SSSR count). The van der Waals surface area contributed by atoms with Crippen LogP contribution in [-0.2, 0) is 20.6 Å². The van der Waals surface area contributed by atoms with Crippen LogP contribution in [0.25, 0.3) is 0 Å². The van der Waals surface area contributed by atoms with E-state index in [0.29, 0.717) is 23.3 Å². The lowest BCUT2D eigenvalue weighted by Crippen LogP contribution is -2.72. The van der Waals surface area contributed by atoms with Crippen molar-refractivity contribution in [1.82, 2.24) is 24.6 Å². The highest BCUT2D eigenvalue weighted by molar-refractivity contribution is 8.04. The fourth-order valence-electron chi connectivity index (χ4n) is 3.47. The predicted molar refractivity (Wildman–Crippen MR) is 117 cm³/mol. The van der Waals surface area contributed by atoms with Crippen molar-refractivity contribution in [1.29, 1.82) is 0 Å². The number of oxime groups is 1. The fourth-order valence-corrected chi connectivity index (χ4v) is 6.24. The number of thiazole rings is 1. The first-order valence-electron chi connectivity index (χ1n) is 9.25. The van der Waals surface area contributed by atoms with E-state index in [1.54, 1.807) is 0 Å². The number of halogens is 4. The molecule has 12 nitrogen and oxygen atoms in total. The van der Waals surface area contributed by atoms with Gasteiger partial charge in [-0.25, -0.2) is 14.8 Å². The number of hydrogen-bond donors (Lipinski definition) is 4. The highest BCUT2D eigenvalue weighted by Gasteiger charge is 2.54. The number of amides is 2. The number of aliphatic carboxylic acids is 1. The molecule has 0 bridgehead atoms. The molecule has 0 aliphatic carbocycles. The lowest BCUT2D eigenvalue weighted by Gasteiger charge is -2.49. The van der Waals surface area contributed by atoms with Crippen LogP contribution in [0.4, 0.5) is 18.3 Å². The summed E-state index contributed by atoms with van der Waals surface area (Å²) in [6, 6.07) is -1.90. The molecular formula is C16H11ClF3N7O5S3. The Hall–Kier alpha value is -2.96. The van der Waals surface area contributed by atoms with E-state index in [9.17, 15) is 37.9 Å². The second-order valence-corrected chi connectivity index (χ2v) is 10.7. The highest BCUT2D eigenvalue weighted by atomic mass is 35.5. The van der Waals surface area contributed by atoms with Crippen molar-refractivity contribution in [3.63, 3.8) is 0 Å². The van der Waals surface area contributed by atoms with E-state index < -0.39 is 53.3 Å². The SMILES string of the molecule is Nc1nc(/C(=N/O)C(=O)N[C@@H]2C(=O)N3C(C(=O)O)=C(Sc4nc(C(F)(F)F)ns4)CC[C@H]23)c(Cl)s1. The Morgan fingerprint density at radius 1 is 1.34 bits per heavy atom. The number of fused-ring (bicyclic) bond motifs is 1. The van der Waals surface area contributed by atoms with Crippen LogP contribution in [0.3, 0.4) is 0 Å². The van der Waals surface area contributed by atoms with Gasteiger partial charge in [0.1, 0.15) is 21.8 Å². The molecule has 2 aromatic heterocycles. The van der Waals surface area contributed by atoms with Crippen LogP contribution < -0.4 is 11.1 Å². The van der Waals surface area contributed by atoms with E-state index in [1.165, 1.54) is 0 Å². The number of carbonyl (C=O) groups excluding carboxylic acids is 2. The molecule has 19 heteroatoms. The topological polar surface area (TPSA) is 184 Å². The van der Waals surface area contributed by atoms with Crippen LogP contribution in [0.1, 0.15) is 24.4 Å². The standard InChI is InChI=1S/C16H11ClF3N7O5S3/c17-9-6(23-14(21)34-9)7(25-32)10(28)22-5-3-1-2-4(8(12(30)31)27(3)11(5)29)33-15-24-13(26-35-15)16(18,19)20/h3,5,32H,1-2H2,(H2,21,23)(H,22,28)(H,30,31)/b25-7-/t3-,5+/m1/s1. The minimum absolute atomic E-state index is 0.0103. The molecule has 4 heterocycles. The minimum Gasteiger partial charge on any atom is -0.477 e. The quantitative estimate of drug-likeness (QED) is 0.174. The Kier molecular flexibility index (Phi) is 6.64. The average Bonchev–Trinajstić information content (AvgIpc) is 3.38. The molecule has 35 heavy (non-hydrogen) atoms. The number of nitrogens with one attached hydrogen (secondary N) is 1. The fraction of sp³-hybridized carbons (Fsp3) is 0.312. The molecular weight excluding hydrogens is 559 g/mol. The molecule has 0 saturated carbocycles. The van der Waals surface area contributed by atoms with E-state index >= 15 is 0 Å². The van der Waals surface area contributed by atoms with Gasteiger partial charge < -0.3 is 21.4 Å². The number of anilines is 1. The second kappa shape index (κ2) is 9.25. The predicted octanol–water partition coefficient (Wildman–Crippen LogP) is 2.01. The molecule has 186 valence electrons. The zero-order valence-electron chi connectivity index (χ0n) is 16.7. The number of carboxylic acid groups (broad SMARTS) is 1. The summed E-state index contributed by atoms with van der Waals surface area (Å²) < 4.78 is 41.3. The average molecular weight is 570 g/mol. The normalized spacial score (nSPS) is 20.5. The van der Waals surface area contributed by atoms with Crippen LogP contribution in [0.5, 0.6) is 0 Å². The lowest BCUT2D eigenvalue weighted by atomic mass is 9.86. The van der Waals surface area contributed by atoms with Gasteiger partial charge in [0.25, 0.3) is 11.8 Å². The number of nitrogen functional groups attached to an aromatic ring is 1. The summed E-state index contributed by atoms with van der Waals surface area (Å²) in [6.45, 7) is 0. The van der Waals surface area contributed by atoms with Gasteiger partial charge in [0.2, 0.25) is 5.82 Å². The van der Waals surface area contributed by atoms with E-state index in [4.69, 9.17) is 17.3 Å². The number of β-lactam (4-membered cyclic amide) rings is 1. The number of rotatable bonds is 6. The summed E-state index contributed by atoms with van der Waals surface area (Å²) in [5, 5.41) is 24.2. The van der Waals surface area contributed by atoms with Gasteiger partial charge in [-0.3, -0.25) is 14.5 Å². The first-order chi connectivity index (χ1) is 16.4. The second-order valence-electron chi connectivity index (χ2n) is 6.95. The van der Waals surface area contributed by atoms with Gasteiger partial charge in [-0.2, -0.15) is 17.5 Å². The van der Waals surface area contributed by atoms with E-state index in [0.717, 1.165) is 16.2 Å². The molecule has 2 aliphatic heterocycles. The number of carbonyl (C=O) groups is 3. The monoisotopic (exact) mass is 569 g/mol. The maximum atomic E-state index is 12.8. The summed E-state index contributed by atoms with van der Waals surface area (Å²) >= 11 is 7.90. The van der Waals surface area contributed by atoms with Crippen LogP contribution in [0.2, 0.25) is 4.34 Å². The number of hydrogen-bond acceptors (Lipinski definition) is 12. The largest absolute Gasteiger partial charge is 0.477 e. The number of nitrogens with two attached hydrogens (primary N) is 1. The van der Waals surface area contributed by atoms with Crippen molar-refractivity contribution in [3.05, 3.63) is 26.5 Å². The van der Waals surface area contributed by atoms with E-state index in [2.05, 4.69) is 24.8 Å². The van der Waals surface area contributed by atoms with Crippen molar-refractivity contribution in [2.45, 2.75) is 35.4 Å².